The molecule has 1 saturated heterocycles. The third-order valence-corrected chi connectivity index (χ3v) is 4.48. The van der Waals surface area contributed by atoms with Crippen molar-refractivity contribution in [2.75, 3.05) is 18.4 Å². The van der Waals surface area contributed by atoms with E-state index in [0.717, 1.165) is 25.9 Å². The number of rotatable bonds is 4. The van der Waals surface area contributed by atoms with Crippen molar-refractivity contribution in [3.63, 3.8) is 0 Å². The molecule has 3 heterocycles. The Morgan fingerprint density at radius 2 is 2.22 bits per heavy atom. The topological polar surface area (TPSA) is 131 Å². The second-order valence-corrected chi connectivity index (χ2v) is 6.19. The van der Waals surface area contributed by atoms with Gasteiger partial charge in [0.15, 0.2) is 11.5 Å². The molecule has 3 N–H and O–H groups in total. The molecule has 3 aromatic rings. The minimum Gasteiger partial charge on any atom is -0.315 e. The fourth-order valence-electron chi connectivity index (χ4n) is 3.10. The van der Waals surface area contributed by atoms with Gasteiger partial charge in [0.1, 0.15) is 0 Å². The standard InChI is InChI=1S/C16H17N7O3.ClH/c24-16(14-5-7-22(21-14)11-2-1-6-17-9-11)18-15-12-8-10(23(25)26)3-4-13(12)19-20-15;/h3-5,7-8,11,17H,1-2,6,9H2,(H2,18,19,20,24);1H. The lowest BCUT2D eigenvalue weighted by molar-refractivity contribution is -0.384. The van der Waals surface area contributed by atoms with Gasteiger partial charge >= 0.3 is 0 Å². The van der Waals surface area contributed by atoms with Gasteiger partial charge in [0, 0.05) is 24.9 Å². The Hall–Kier alpha value is -2.98. The molecule has 10 nitrogen and oxygen atoms in total. The summed E-state index contributed by atoms with van der Waals surface area (Å²) in [5, 5.41) is 28.5. The lowest BCUT2D eigenvalue weighted by Gasteiger charge is -2.22. The predicted octanol–water partition coefficient (Wildman–Crippen LogP) is 2.27. The number of non-ortho nitro benzene ring substituents is 1. The minimum atomic E-state index is -0.488. The number of benzene rings is 1. The molecule has 27 heavy (non-hydrogen) atoms. The van der Waals surface area contributed by atoms with Crippen LogP contribution in [-0.2, 0) is 0 Å². The van der Waals surface area contributed by atoms with E-state index in [1.807, 2.05) is 0 Å². The number of nitrogens with one attached hydrogen (secondary N) is 3. The number of fused-ring (bicyclic) bond motifs is 1. The number of nitrogens with zero attached hydrogens (tertiary/aromatic N) is 4. The van der Waals surface area contributed by atoms with Gasteiger partial charge in [-0.1, -0.05) is 0 Å². The first-order chi connectivity index (χ1) is 12.6. The van der Waals surface area contributed by atoms with Gasteiger partial charge in [-0.15, -0.1) is 12.4 Å². The molecule has 1 unspecified atom stereocenters. The summed E-state index contributed by atoms with van der Waals surface area (Å²) >= 11 is 0. The van der Waals surface area contributed by atoms with Crippen LogP contribution in [0.15, 0.2) is 30.5 Å². The summed E-state index contributed by atoms with van der Waals surface area (Å²) in [4.78, 5) is 22.9. The minimum absolute atomic E-state index is 0. The number of hydrogen-bond acceptors (Lipinski definition) is 6. The van der Waals surface area contributed by atoms with E-state index >= 15 is 0 Å². The van der Waals surface area contributed by atoms with Crippen LogP contribution < -0.4 is 10.6 Å². The van der Waals surface area contributed by atoms with E-state index in [1.54, 1.807) is 23.0 Å². The highest BCUT2D eigenvalue weighted by Gasteiger charge is 2.19. The number of carbonyl (C=O) groups is 1. The van der Waals surface area contributed by atoms with Crippen LogP contribution in [0.2, 0.25) is 0 Å². The van der Waals surface area contributed by atoms with Crippen LogP contribution in [0, 0.1) is 10.1 Å². The summed E-state index contributed by atoms with van der Waals surface area (Å²) in [5.41, 5.74) is 0.810. The van der Waals surface area contributed by atoms with Crippen molar-refractivity contribution in [1.82, 2.24) is 25.3 Å². The number of aromatic amines is 1. The zero-order valence-electron chi connectivity index (χ0n) is 14.2. The van der Waals surface area contributed by atoms with Crippen LogP contribution >= 0.6 is 12.4 Å². The van der Waals surface area contributed by atoms with Gasteiger partial charge in [-0.3, -0.25) is 24.7 Å². The quantitative estimate of drug-likeness (QED) is 0.462. The Labute approximate surface area is 159 Å². The van der Waals surface area contributed by atoms with E-state index in [4.69, 9.17) is 0 Å². The normalized spacial score (nSPS) is 16.7. The number of piperidine rings is 1. The van der Waals surface area contributed by atoms with E-state index in [1.165, 1.54) is 12.1 Å². The zero-order valence-corrected chi connectivity index (χ0v) is 15.0. The van der Waals surface area contributed by atoms with Crippen LogP contribution in [0.3, 0.4) is 0 Å². The van der Waals surface area contributed by atoms with Crippen LogP contribution in [0.25, 0.3) is 10.9 Å². The number of anilines is 1. The molecule has 142 valence electrons. The number of aromatic nitrogens is 4. The molecule has 1 aliphatic rings. The van der Waals surface area contributed by atoms with Crippen LogP contribution in [-0.4, -0.2) is 43.9 Å². The Kier molecular flexibility index (Phi) is 5.38. The van der Waals surface area contributed by atoms with Gasteiger partial charge < -0.3 is 10.6 Å². The third-order valence-electron chi connectivity index (χ3n) is 4.48. The van der Waals surface area contributed by atoms with Crippen molar-refractivity contribution in [3.05, 3.63) is 46.3 Å². The van der Waals surface area contributed by atoms with Gasteiger partial charge in [-0.2, -0.15) is 10.2 Å². The number of carbonyl (C=O) groups excluding carboxylic acids is 1. The number of halogens is 1. The maximum Gasteiger partial charge on any atom is 0.277 e. The number of hydrogen-bond donors (Lipinski definition) is 3. The fourth-order valence-corrected chi connectivity index (χ4v) is 3.10. The average molecular weight is 392 g/mol. The smallest absolute Gasteiger partial charge is 0.277 e. The fraction of sp³-hybridized carbons (Fsp3) is 0.312. The molecule has 1 amide bonds. The van der Waals surface area contributed by atoms with Crippen LogP contribution in [0.4, 0.5) is 11.5 Å². The van der Waals surface area contributed by atoms with Crippen molar-refractivity contribution in [1.29, 1.82) is 0 Å². The highest BCUT2D eigenvalue weighted by Crippen LogP contribution is 2.25. The maximum atomic E-state index is 12.5. The van der Waals surface area contributed by atoms with Crippen molar-refractivity contribution in [3.8, 4) is 0 Å². The molecule has 2 aromatic heterocycles. The molecule has 1 fully saturated rings. The Morgan fingerprint density at radius 1 is 1.37 bits per heavy atom. The molecule has 0 radical (unpaired) electrons. The molecular formula is C16H18ClN7O3. The first-order valence-electron chi connectivity index (χ1n) is 8.31. The van der Waals surface area contributed by atoms with Crippen molar-refractivity contribution >= 4 is 40.7 Å². The third kappa shape index (κ3) is 3.76. The van der Waals surface area contributed by atoms with Gasteiger partial charge in [-0.25, -0.2) is 0 Å². The number of nitro groups is 1. The SMILES string of the molecule is Cl.O=C(Nc1n[nH]c2ccc([N+](=O)[O-])cc12)c1ccn(C2CCCNC2)n1. The van der Waals surface area contributed by atoms with Crippen LogP contribution in [0.5, 0.6) is 0 Å². The summed E-state index contributed by atoms with van der Waals surface area (Å²) in [7, 11) is 0. The second kappa shape index (κ2) is 7.72. The molecule has 1 atom stereocenters. The Balaban J connectivity index is 0.00000210. The molecule has 11 heteroatoms. The molecular weight excluding hydrogens is 374 g/mol. The van der Waals surface area contributed by atoms with Crippen molar-refractivity contribution < 1.29 is 9.72 Å². The second-order valence-electron chi connectivity index (χ2n) is 6.19. The highest BCUT2D eigenvalue weighted by molar-refractivity contribution is 6.07. The first-order valence-corrected chi connectivity index (χ1v) is 8.31. The van der Waals surface area contributed by atoms with Crippen LogP contribution in [0.1, 0.15) is 29.4 Å². The average Bonchev–Trinajstić information content (AvgIpc) is 3.30. The van der Waals surface area contributed by atoms with Gasteiger partial charge in [-0.05, 0) is 31.5 Å². The van der Waals surface area contributed by atoms with Gasteiger partial charge in [0.05, 0.1) is 21.9 Å². The van der Waals surface area contributed by atoms with Gasteiger partial charge in [0.25, 0.3) is 11.6 Å². The first kappa shape index (κ1) is 18.8. The summed E-state index contributed by atoms with van der Waals surface area (Å²) in [6, 6.07) is 6.20. The molecule has 1 aromatic carbocycles. The zero-order chi connectivity index (χ0) is 18.1. The molecule has 0 spiro atoms. The Morgan fingerprint density at radius 3 is 2.96 bits per heavy atom. The lowest BCUT2D eigenvalue weighted by Crippen LogP contribution is -2.32. The van der Waals surface area contributed by atoms with Gasteiger partial charge in [0.2, 0.25) is 0 Å². The maximum absolute atomic E-state index is 12.5. The van der Waals surface area contributed by atoms with E-state index in [2.05, 4.69) is 25.9 Å². The molecule has 4 rings (SSSR count). The largest absolute Gasteiger partial charge is 0.315 e. The lowest BCUT2D eigenvalue weighted by atomic mass is 10.1. The highest BCUT2D eigenvalue weighted by atomic mass is 35.5. The summed E-state index contributed by atoms with van der Waals surface area (Å²) in [5.74, 6) is -0.171. The molecule has 0 bridgehead atoms. The van der Waals surface area contributed by atoms with E-state index in [0.29, 0.717) is 10.9 Å². The molecule has 1 aliphatic heterocycles. The summed E-state index contributed by atoms with van der Waals surface area (Å²) in [6.07, 6.45) is 3.88. The van der Waals surface area contributed by atoms with E-state index in [-0.39, 0.29) is 35.6 Å². The number of H-pyrrole nitrogens is 1. The predicted molar refractivity (Wildman–Crippen MR) is 101 cm³/mol. The monoisotopic (exact) mass is 391 g/mol. The number of amides is 1. The Bertz CT molecular complexity index is 977. The summed E-state index contributed by atoms with van der Waals surface area (Å²) in [6.45, 7) is 1.83. The molecule has 0 aliphatic carbocycles. The van der Waals surface area contributed by atoms with Crippen molar-refractivity contribution in [2.45, 2.75) is 18.9 Å². The molecule has 0 saturated carbocycles. The summed E-state index contributed by atoms with van der Waals surface area (Å²) < 4.78 is 1.80. The van der Waals surface area contributed by atoms with E-state index < -0.39 is 10.8 Å². The van der Waals surface area contributed by atoms with Crippen molar-refractivity contribution in [2.24, 2.45) is 0 Å². The number of nitro benzene ring substituents is 1. The van der Waals surface area contributed by atoms with E-state index in [9.17, 15) is 14.9 Å².